The molecule has 0 saturated carbocycles. The molecule has 1 unspecified atom stereocenters. The molecule has 2 aromatic carbocycles. The normalized spacial score (nSPS) is 16.8. The lowest BCUT2D eigenvalue weighted by atomic mass is 9.94. The topological polar surface area (TPSA) is 94.6 Å². The number of ether oxygens (including phenoxy) is 4. The predicted molar refractivity (Wildman–Crippen MR) is 122 cm³/mol. The van der Waals surface area contributed by atoms with Gasteiger partial charge in [-0.3, -0.25) is 9.69 Å². The summed E-state index contributed by atoms with van der Waals surface area (Å²) >= 11 is 5.65. The number of hydrogen-bond acceptors (Lipinski definition) is 8. The van der Waals surface area contributed by atoms with Crippen LogP contribution in [-0.2, 0) is 27.2 Å². The number of thiocarbonyl (C=S) groups is 1. The lowest BCUT2D eigenvalue weighted by Crippen LogP contribution is -2.40. The van der Waals surface area contributed by atoms with Gasteiger partial charge in [0.25, 0.3) is 5.91 Å². The Morgan fingerprint density at radius 3 is 1.94 bits per heavy atom. The minimum atomic E-state index is -0.649. The number of esters is 2. The predicted octanol–water partition coefficient (Wildman–Crippen LogP) is 2.34. The van der Waals surface area contributed by atoms with E-state index in [1.54, 1.807) is 14.2 Å². The van der Waals surface area contributed by atoms with E-state index in [0.29, 0.717) is 30.2 Å². The lowest BCUT2D eigenvalue weighted by molar-refractivity contribution is -0.120. The van der Waals surface area contributed by atoms with Crippen LogP contribution in [0.25, 0.3) is 0 Å². The Kier molecular flexibility index (Phi) is 5.94. The Labute approximate surface area is 195 Å². The van der Waals surface area contributed by atoms with Crippen molar-refractivity contribution in [3.63, 3.8) is 0 Å². The SMILES string of the molecule is COC(=O)c1cc(C(=O)OC)cc(N2C(=O)C3Cc4cc(OC)c(OC)cc4CN3C2=S)c1. The Balaban J connectivity index is 1.74. The second-order valence-corrected chi connectivity index (χ2v) is 7.90. The van der Waals surface area contributed by atoms with Crippen LogP contribution in [0.1, 0.15) is 31.8 Å². The molecular formula is C23H22N2O7S. The molecule has 0 spiro atoms. The van der Waals surface area contributed by atoms with Crippen molar-refractivity contribution in [2.24, 2.45) is 0 Å². The molecule has 2 aromatic rings. The van der Waals surface area contributed by atoms with Crippen molar-refractivity contribution < 1.29 is 33.3 Å². The summed E-state index contributed by atoms with van der Waals surface area (Å²) in [6.07, 6.45) is 0.422. The van der Waals surface area contributed by atoms with Crippen LogP contribution in [0.4, 0.5) is 5.69 Å². The van der Waals surface area contributed by atoms with Gasteiger partial charge in [-0.1, -0.05) is 0 Å². The zero-order valence-electron chi connectivity index (χ0n) is 18.5. The minimum Gasteiger partial charge on any atom is -0.493 e. The van der Waals surface area contributed by atoms with Crippen molar-refractivity contribution >= 4 is 40.9 Å². The van der Waals surface area contributed by atoms with E-state index in [-0.39, 0.29) is 22.1 Å². The van der Waals surface area contributed by atoms with Gasteiger partial charge in [0.05, 0.1) is 45.3 Å². The van der Waals surface area contributed by atoms with Gasteiger partial charge in [-0.2, -0.15) is 0 Å². The molecule has 0 aromatic heterocycles. The van der Waals surface area contributed by atoms with Crippen LogP contribution < -0.4 is 14.4 Å². The first-order chi connectivity index (χ1) is 15.8. The van der Waals surface area contributed by atoms with Gasteiger partial charge in [-0.05, 0) is 53.7 Å². The molecule has 0 aliphatic carbocycles. The number of hydrogen-bond donors (Lipinski definition) is 0. The minimum absolute atomic E-state index is 0.105. The molecule has 0 bridgehead atoms. The fourth-order valence-corrected chi connectivity index (χ4v) is 4.54. The van der Waals surface area contributed by atoms with Crippen molar-refractivity contribution in [1.29, 1.82) is 0 Å². The molecule has 1 saturated heterocycles. The maximum Gasteiger partial charge on any atom is 0.337 e. The van der Waals surface area contributed by atoms with Crippen LogP contribution in [0.2, 0.25) is 0 Å². The first kappa shape index (κ1) is 22.5. The highest BCUT2D eigenvalue weighted by molar-refractivity contribution is 7.80. The number of benzene rings is 2. The molecule has 33 heavy (non-hydrogen) atoms. The van der Waals surface area contributed by atoms with Gasteiger partial charge in [0, 0.05) is 13.0 Å². The molecule has 2 heterocycles. The van der Waals surface area contributed by atoms with E-state index in [4.69, 9.17) is 31.2 Å². The van der Waals surface area contributed by atoms with Gasteiger partial charge in [0.1, 0.15) is 6.04 Å². The summed E-state index contributed by atoms with van der Waals surface area (Å²) in [6, 6.07) is 7.53. The summed E-state index contributed by atoms with van der Waals surface area (Å²) in [5.74, 6) is -0.370. The first-order valence-electron chi connectivity index (χ1n) is 10.0. The van der Waals surface area contributed by atoms with Crippen molar-refractivity contribution in [3.05, 3.63) is 52.6 Å². The third-order valence-corrected chi connectivity index (χ3v) is 6.21. The van der Waals surface area contributed by atoms with Crippen LogP contribution in [0.5, 0.6) is 11.5 Å². The number of carbonyl (C=O) groups excluding carboxylic acids is 3. The van der Waals surface area contributed by atoms with E-state index in [9.17, 15) is 14.4 Å². The highest BCUT2D eigenvalue weighted by Gasteiger charge is 2.46. The standard InChI is InChI=1S/C23H22N2O7S/c1-29-18-9-12-8-17-20(26)25(23(33)24(17)11-15(12)10-19(18)30-2)16-6-13(21(27)31-3)5-14(7-16)22(28)32-4/h5-7,9-10,17H,8,11H2,1-4H3. The Bertz CT molecular complexity index is 1090. The maximum atomic E-state index is 13.4. The van der Waals surface area contributed by atoms with Gasteiger partial charge >= 0.3 is 11.9 Å². The lowest BCUT2D eigenvalue weighted by Gasteiger charge is -2.31. The van der Waals surface area contributed by atoms with Crippen LogP contribution in [0.3, 0.4) is 0 Å². The van der Waals surface area contributed by atoms with Crippen LogP contribution in [0.15, 0.2) is 30.3 Å². The molecule has 2 aliphatic rings. The highest BCUT2D eigenvalue weighted by atomic mass is 32.1. The van der Waals surface area contributed by atoms with Gasteiger partial charge in [0.15, 0.2) is 16.6 Å². The molecule has 0 radical (unpaired) electrons. The van der Waals surface area contributed by atoms with E-state index in [1.165, 1.54) is 37.3 Å². The zero-order valence-corrected chi connectivity index (χ0v) is 19.4. The maximum absolute atomic E-state index is 13.4. The zero-order chi connectivity index (χ0) is 23.9. The number of amides is 1. The quantitative estimate of drug-likeness (QED) is 0.482. The molecular weight excluding hydrogens is 448 g/mol. The van der Waals surface area contributed by atoms with Crippen molar-refractivity contribution in [2.75, 3.05) is 33.3 Å². The average molecular weight is 471 g/mol. The van der Waals surface area contributed by atoms with E-state index in [1.807, 2.05) is 17.0 Å². The molecule has 4 rings (SSSR count). The summed E-state index contributed by atoms with van der Waals surface area (Å²) in [5.41, 5.74) is 2.44. The number of carbonyl (C=O) groups is 3. The molecule has 1 fully saturated rings. The van der Waals surface area contributed by atoms with Crippen LogP contribution in [-0.4, -0.2) is 62.3 Å². The Morgan fingerprint density at radius 1 is 0.879 bits per heavy atom. The van der Waals surface area contributed by atoms with E-state index in [0.717, 1.165) is 11.1 Å². The molecule has 1 atom stereocenters. The molecule has 9 nitrogen and oxygen atoms in total. The third-order valence-electron chi connectivity index (χ3n) is 5.80. The molecule has 2 aliphatic heterocycles. The van der Waals surface area contributed by atoms with Gasteiger partial charge in [-0.25, -0.2) is 9.59 Å². The second-order valence-electron chi connectivity index (χ2n) is 7.53. The average Bonchev–Trinajstić information content (AvgIpc) is 3.09. The number of methoxy groups -OCH3 is 4. The van der Waals surface area contributed by atoms with E-state index in [2.05, 4.69) is 0 Å². The fraction of sp³-hybridized carbons (Fsp3) is 0.304. The first-order valence-corrected chi connectivity index (χ1v) is 10.4. The summed E-state index contributed by atoms with van der Waals surface area (Å²) < 4.78 is 20.4. The summed E-state index contributed by atoms with van der Waals surface area (Å²) in [7, 11) is 5.59. The summed E-state index contributed by atoms with van der Waals surface area (Å²) in [6.45, 7) is 0.405. The summed E-state index contributed by atoms with van der Waals surface area (Å²) in [4.78, 5) is 41.0. The largest absolute Gasteiger partial charge is 0.493 e. The molecule has 1 amide bonds. The Hall–Kier alpha value is -3.66. The van der Waals surface area contributed by atoms with Crippen molar-refractivity contribution in [3.8, 4) is 11.5 Å². The van der Waals surface area contributed by atoms with Gasteiger partial charge in [0.2, 0.25) is 0 Å². The molecule has 10 heteroatoms. The van der Waals surface area contributed by atoms with Gasteiger partial charge in [-0.15, -0.1) is 0 Å². The highest BCUT2D eigenvalue weighted by Crippen LogP contribution is 2.38. The third kappa shape index (κ3) is 3.76. The smallest absolute Gasteiger partial charge is 0.337 e. The number of anilines is 1. The van der Waals surface area contributed by atoms with Crippen molar-refractivity contribution in [2.45, 2.75) is 19.0 Å². The number of nitrogens with zero attached hydrogens (tertiary/aromatic N) is 2. The van der Waals surface area contributed by atoms with Crippen LogP contribution >= 0.6 is 12.2 Å². The number of fused-ring (bicyclic) bond motifs is 2. The van der Waals surface area contributed by atoms with Crippen molar-refractivity contribution in [1.82, 2.24) is 4.90 Å². The Morgan fingerprint density at radius 2 is 1.42 bits per heavy atom. The number of rotatable bonds is 5. The monoisotopic (exact) mass is 470 g/mol. The molecule has 172 valence electrons. The van der Waals surface area contributed by atoms with E-state index >= 15 is 0 Å². The van der Waals surface area contributed by atoms with Crippen LogP contribution in [0, 0.1) is 0 Å². The fourth-order valence-electron chi connectivity index (χ4n) is 4.16. The van der Waals surface area contributed by atoms with E-state index < -0.39 is 18.0 Å². The second kappa shape index (κ2) is 8.70. The van der Waals surface area contributed by atoms with Gasteiger partial charge < -0.3 is 23.8 Å². The summed E-state index contributed by atoms with van der Waals surface area (Å²) in [5, 5.41) is 0.281. The molecule has 0 N–H and O–H groups in total.